The minimum Gasteiger partial charge on any atom is -0.398 e. The minimum atomic E-state index is 1.00. The van der Waals surface area contributed by atoms with E-state index in [0.717, 1.165) is 11.9 Å². The summed E-state index contributed by atoms with van der Waals surface area (Å²) in [7, 11) is 0. The molecule has 0 bridgehead atoms. The van der Waals surface area contributed by atoms with Crippen LogP contribution in [0.3, 0.4) is 0 Å². The molecule has 0 saturated carbocycles. The molecule has 1 heteroatoms. The van der Waals surface area contributed by atoms with E-state index in [1.165, 1.54) is 0 Å². The normalized spacial score (nSPS) is 8.00. The van der Waals surface area contributed by atoms with E-state index in [-0.39, 0.29) is 0 Å². The van der Waals surface area contributed by atoms with Gasteiger partial charge in [-0.1, -0.05) is 0 Å². The minimum absolute atomic E-state index is 1.00. The summed E-state index contributed by atoms with van der Waals surface area (Å²) in [5.41, 5.74) is 0. The van der Waals surface area contributed by atoms with E-state index in [1.807, 2.05) is 27.7 Å². The first kappa shape index (κ1) is 6.54. The summed E-state index contributed by atoms with van der Waals surface area (Å²) in [5, 5.41) is 0. The molecule has 0 amide bonds. The standard InChI is InChI=1S/C6H12O/c1-5(2)7-6(3)4/h1-4H3. The van der Waals surface area contributed by atoms with Crippen LogP contribution in [0.5, 0.6) is 0 Å². The molecule has 1 nitrogen and oxygen atoms in total. The van der Waals surface area contributed by atoms with Gasteiger partial charge >= 0.3 is 0 Å². The van der Waals surface area contributed by atoms with Crippen molar-refractivity contribution in [2.45, 2.75) is 27.7 Å². The summed E-state index contributed by atoms with van der Waals surface area (Å²) in [4.78, 5) is 0. The maximum Gasteiger partial charge on any atom is 0.149 e. The first-order valence-electron chi connectivity index (χ1n) is 2.41. The van der Waals surface area contributed by atoms with Crippen LogP contribution >= 0.6 is 0 Å². The zero-order valence-corrected chi connectivity index (χ0v) is 5.41. The molecule has 0 aliphatic heterocycles. The molecule has 42 valence electrons. The van der Waals surface area contributed by atoms with Crippen molar-refractivity contribution < 1.29 is 4.42 Å². The van der Waals surface area contributed by atoms with Gasteiger partial charge in [0.05, 0.1) is 0 Å². The SMILES string of the molecule is CC(C)=[O+][C-](C)C. The molecule has 0 radical (unpaired) electrons. The lowest BCUT2D eigenvalue weighted by Gasteiger charge is -1.91. The molecule has 0 rings (SSSR count). The van der Waals surface area contributed by atoms with Gasteiger partial charge in [0.25, 0.3) is 0 Å². The summed E-state index contributed by atoms with van der Waals surface area (Å²) in [6.45, 7) is 7.75. The molecule has 0 N–H and O–H groups in total. The highest BCUT2D eigenvalue weighted by atomic mass is 16.4. The van der Waals surface area contributed by atoms with Gasteiger partial charge in [0.1, 0.15) is 11.9 Å². The van der Waals surface area contributed by atoms with Gasteiger partial charge in [-0.3, -0.25) is 0 Å². The van der Waals surface area contributed by atoms with Crippen molar-refractivity contribution in [3.05, 3.63) is 6.10 Å². The Kier molecular flexibility index (Phi) is 2.49. The van der Waals surface area contributed by atoms with Crippen molar-refractivity contribution in [2.24, 2.45) is 0 Å². The Morgan fingerprint density at radius 3 is 1.71 bits per heavy atom. The maximum absolute atomic E-state index is 5.08. The van der Waals surface area contributed by atoms with Crippen LogP contribution < -0.4 is 0 Å². The monoisotopic (exact) mass is 100 g/mol. The van der Waals surface area contributed by atoms with E-state index < -0.39 is 0 Å². The lowest BCUT2D eigenvalue weighted by Crippen LogP contribution is -1.91. The second-order valence-electron chi connectivity index (χ2n) is 1.92. The van der Waals surface area contributed by atoms with Gasteiger partial charge in [0, 0.05) is 0 Å². The largest absolute Gasteiger partial charge is 0.398 e. The molecule has 0 spiro atoms. The Morgan fingerprint density at radius 2 is 1.71 bits per heavy atom. The van der Waals surface area contributed by atoms with Gasteiger partial charge in [-0.15, -0.1) is 0 Å². The van der Waals surface area contributed by atoms with Crippen LogP contribution in [0.4, 0.5) is 0 Å². The quantitative estimate of drug-likeness (QED) is 0.351. The molecular weight excluding hydrogens is 88.1 g/mol. The zero-order chi connectivity index (χ0) is 5.86. The summed E-state index contributed by atoms with van der Waals surface area (Å²) in [6, 6.07) is 0. The Hall–Kier alpha value is -0.460. The highest BCUT2D eigenvalue weighted by molar-refractivity contribution is 5.72. The molecule has 0 aromatic heterocycles. The van der Waals surface area contributed by atoms with Crippen LogP contribution in [0.1, 0.15) is 27.7 Å². The first-order chi connectivity index (χ1) is 3.13. The molecule has 0 aliphatic carbocycles. The Balaban J connectivity index is 3.45. The van der Waals surface area contributed by atoms with Gasteiger partial charge in [-0.25, -0.2) is 0 Å². The Bertz CT molecular complexity index is 68.2. The second kappa shape index (κ2) is 2.67. The zero-order valence-electron chi connectivity index (χ0n) is 5.41. The van der Waals surface area contributed by atoms with Crippen LogP contribution in [0, 0.1) is 6.10 Å². The van der Waals surface area contributed by atoms with Crippen LogP contribution in [-0.4, -0.2) is 5.78 Å². The van der Waals surface area contributed by atoms with E-state index in [2.05, 4.69) is 0 Å². The highest BCUT2D eigenvalue weighted by Crippen LogP contribution is 1.88. The van der Waals surface area contributed by atoms with Crippen molar-refractivity contribution in [1.82, 2.24) is 0 Å². The van der Waals surface area contributed by atoms with Crippen LogP contribution in [0.25, 0.3) is 0 Å². The van der Waals surface area contributed by atoms with Crippen molar-refractivity contribution in [3.63, 3.8) is 0 Å². The lowest BCUT2D eigenvalue weighted by atomic mass is 10.5. The van der Waals surface area contributed by atoms with Gasteiger partial charge in [0.15, 0.2) is 0 Å². The van der Waals surface area contributed by atoms with Crippen LogP contribution in [-0.2, 0) is 4.42 Å². The third-order valence-corrected chi connectivity index (χ3v) is 0.408. The number of hydrogen-bond acceptors (Lipinski definition) is 0. The summed E-state index contributed by atoms with van der Waals surface area (Å²) in [6.07, 6.45) is 1.00. The summed E-state index contributed by atoms with van der Waals surface area (Å²) < 4.78 is 5.08. The number of carbonyl (C=O) groups excluding carboxylic acids is 1. The Labute approximate surface area is 45.0 Å². The van der Waals surface area contributed by atoms with Gasteiger partial charge < -0.3 is 4.42 Å². The highest BCUT2D eigenvalue weighted by Gasteiger charge is 1.87. The molecule has 0 unspecified atom stereocenters. The van der Waals surface area contributed by atoms with Gasteiger partial charge in [-0.05, 0) is 27.7 Å². The van der Waals surface area contributed by atoms with E-state index in [9.17, 15) is 0 Å². The molecule has 7 heavy (non-hydrogen) atoms. The molecule has 0 saturated heterocycles. The molecule has 0 fully saturated rings. The topological polar surface area (TPSA) is 11.3 Å². The number of hydrogen-bond donors (Lipinski definition) is 0. The van der Waals surface area contributed by atoms with Crippen LogP contribution in [0.15, 0.2) is 0 Å². The average Bonchev–Trinajstić information content (AvgIpc) is 1.27. The van der Waals surface area contributed by atoms with E-state index in [4.69, 9.17) is 4.42 Å². The van der Waals surface area contributed by atoms with E-state index in [0.29, 0.717) is 0 Å². The van der Waals surface area contributed by atoms with Crippen molar-refractivity contribution in [3.8, 4) is 0 Å². The van der Waals surface area contributed by atoms with E-state index >= 15 is 0 Å². The molecule has 0 aromatic carbocycles. The van der Waals surface area contributed by atoms with Gasteiger partial charge in [0.2, 0.25) is 0 Å². The number of ketones is 1. The van der Waals surface area contributed by atoms with Crippen molar-refractivity contribution in [1.29, 1.82) is 0 Å². The molecular formula is C6H12O. The predicted octanol–water partition coefficient (Wildman–Crippen LogP) is 1.70. The smallest absolute Gasteiger partial charge is 0.149 e. The third-order valence-electron chi connectivity index (χ3n) is 0.408. The van der Waals surface area contributed by atoms with Crippen LogP contribution in [0.2, 0.25) is 0 Å². The maximum atomic E-state index is 5.08. The molecule has 0 aromatic rings. The van der Waals surface area contributed by atoms with E-state index in [1.54, 1.807) is 0 Å². The van der Waals surface area contributed by atoms with Gasteiger partial charge in [-0.2, -0.15) is 0 Å². The van der Waals surface area contributed by atoms with Crippen molar-refractivity contribution in [2.75, 3.05) is 0 Å². The fraction of sp³-hybridized carbons (Fsp3) is 0.667. The molecule has 0 atom stereocenters. The summed E-state index contributed by atoms with van der Waals surface area (Å²) in [5.74, 6) is 1.00. The predicted molar refractivity (Wildman–Crippen MR) is 30.9 cm³/mol. The fourth-order valence-corrected chi connectivity index (χ4v) is 0.408. The number of rotatable bonds is 1. The fourth-order valence-electron chi connectivity index (χ4n) is 0.408. The first-order valence-corrected chi connectivity index (χ1v) is 2.41. The third kappa shape index (κ3) is 5.54. The molecule has 0 aliphatic rings. The lowest BCUT2D eigenvalue weighted by molar-refractivity contribution is -0.438. The second-order valence-corrected chi connectivity index (χ2v) is 1.92. The van der Waals surface area contributed by atoms with Crippen molar-refractivity contribution >= 4 is 5.78 Å². The summed E-state index contributed by atoms with van der Waals surface area (Å²) >= 11 is 0. The average molecular weight is 100 g/mol. The molecule has 0 heterocycles. The Morgan fingerprint density at radius 1 is 1.29 bits per heavy atom.